The van der Waals surface area contributed by atoms with Crippen LogP contribution >= 0.6 is 0 Å². The Kier molecular flexibility index (Phi) is 4.42. The Balaban J connectivity index is 2.58. The summed E-state index contributed by atoms with van der Waals surface area (Å²) in [6, 6.07) is 0.552. The lowest BCUT2D eigenvalue weighted by Gasteiger charge is -2.40. The molecule has 1 fully saturated rings. The summed E-state index contributed by atoms with van der Waals surface area (Å²) in [6.45, 7) is 10.5. The zero-order chi connectivity index (χ0) is 12.4. The van der Waals surface area contributed by atoms with Crippen molar-refractivity contribution in [3.05, 3.63) is 0 Å². The maximum atomic E-state index is 9.62. The molecule has 0 aromatic carbocycles. The second kappa shape index (κ2) is 5.05. The van der Waals surface area contributed by atoms with Gasteiger partial charge in [0.2, 0.25) is 0 Å². The molecular weight excluding hydrogens is 198 g/mol. The fourth-order valence-electron chi connectivity index (χ4n) is 2.82. The Bertz CT molecular complexity index is 213. The van der Waals surface area contributed by atoms with Crippen molar-refractivity contribution in [3.8, 4) is 0 Å². The largest absolute Gasteiger partial charge is 0.396 e. The van der Waals surface area contributed by atoms with E-state index in [2.05, 4.69) is 39.6 Å². The number of aliphatic hydroxyl groups is 1. The molecule has 1 saturated carbocycles. The summed E-state index contributed by atoms with van der Waals surface area (Å²) in [5.74, 6) is 0. The van der Waals surface area contributed by atoms with Crippen molar-refractivity contribution in [3.63, 3.8) is 0 Å². The highest BCUT2D eigenvalue weighted by atomic mass is 16.3. The molecule has 0 amide bonds. The van der Waals surface area contributed by atoms with Crippen molar-refractivity contribution in [2.45, 2.75) is 59.4 Å². The second-order valence-corrected chi connectivity index (χ2v) is 6.82. The maximum absolute atomic E-state index is 9.62. The van der Waals surface area contributed by atoms with Gasteiger partial charge in [-0.2, -0.15) is 0 Å². The lowest BCUT2D eigenvalue weighted by atomic mass is 9.83. The molecule has 96 valence electrons. The fourth-order valence-corrected chi connectivity index (χ4v) is 2.82. The van der Waals surface area contributed by atoms with Crippen LogP contribution in [0.15, 0.2) is 0 Å². The van der Waals surface area contributed by atoms with Crippen molar-refractivity contribution in [2.24, 2.45) is 10.8 Å². The minimum absolute atomic E-state index is 0.189. The van der Waals surface area contributed by atoms with E-state index in [4.69, 9.17) is 0 Å². The Morgan fingerprint density at radius 2 is 1.75 bits per heavy atom. The predicted molar refractivity (Wildman–Crippen MR) is 69.5 cm³/mol. The number of hydrogen-bond donors (Lipinski definition) is 1. The minimum Gasteiger partial charge on any atom is -0.396 e. The molecule has 0 aromatic heterocycles. The SMILES string of the molecule is CC(N(C)CC1(CO)CCCC1)C(C)(C)C. The van der Waals surface area contributed by atoms with Crippen molar-refractivity contribution in [1.29, 1.82) is 0 Å². The summed E-state index contributed by atoms with van der Waals surface area (Å²) in [5.41, 5.74) is 0.498. The number of hydrogen-bond acceptors (Lipinski definition) is 2. The standard InChI is InChI=1S/C14H29NO/c1-12(13(2,3)4)15(5)10-14(11-16)8-6-7-9-14/h12,16H,6-11H2,1-5H3. The van der Waals surface area contributed by atoms with Crippen LogP contribution in [-0.2, 0) is 0 Å². The molecule has 0 heterocycles. The molecule has 2 nitrogen and oxygen atoms in total. The smallest absolute Gasteiger partial charge is 0.0499 e. The van der Waals surface area contributed by atoms with E-state index in [0.29, 0.717) is 18.1 Å². The first-order valence-electron chi connectivity index (χ1n) is 6.62. The lowest BCUT2D eigenvalue weighted by Crippen LogP contribution is -2.45. The molecule has 0 aromatic rings. The summed E-state index contributed by atoms with van der Waals surface area (Å²) in [5, 5.41) is 9.62. The zero-order valence-electron chi connectivity index (χ0n) is 11.7. The highest BCUT2D eigenvalue weighted by Gasteiger charge is 2.36. The summed E-state index contributed by atoms with van der Waals surface area (Å²) in [7, 11) is 2.20. The van der Waals surface area contributed by atoms with Gasteiger partial charge in [0, 0.05) is 24.6 Å². The minimum atomic E-state index is 0.189. The van der Waals surface area contributed by atoms with E-state index in [1.54, 1.807) is 0 Å². The number of rotatable bonds is 4. The molecule has 0 radical (unpaired) electrons. The van der Waals surface area contributed by atoms with Gasteiger partial charge in [-0.15, -0.1) is 0 Å². The van der Waals surface area contributed by atoms with E-state index < -0.39 is 0 Å². The van der Waals surface area contributed by atoms with Crippen molar-refractivity contribution >= 4 is 0 Å². The van der Waals surface area contributed by atoms with Crippen LogP contribution in [0.4, 0.5) is 0 Å². The Labute approximate surface area is 101 Å². The van der Waals surface area contributed by atoms with Crippen LogP contribution in [-0.4, -0.2) is 36.2 Å². The van der Waals surface area contributed by atoms with Crippen molar-refractivity contribution in [1.82, 2.24) is 4.90 Å². The summed E-state index contributed by atoms with van der Waals surface area (Å²) >= 11 is 0. The average Bonchev–Trinajstić information content (AvgIpc) is 2.64. The summed E-state index contributed by atoms with van der Waals surface area (Å²) in [4.78, 5) is 2.43. The molecule has 16 heavy (non-hydrogen) atoms. The lowest BCUT2D eigenvalue weighted by molar-refractivity contribution is 0.0474. The van der Waals surface area contributed by atoms with Gasteiger partial charge in [-0.25, -0.2) is 0 Å². The topological polar surface area (TPSA) is 23.5 Å². The normalized spacial score (nSPS) is 22.7. The molecular formula is C14H29NO. The molecule has 1 aliphatic carbocycles. The summed E-state index contributed by atoms with van der Waals surface area (Å²) < 4.78 is 0. The van der Waals surface area contributed by atoms with Crippen LogP contribution in [0.1, 0.15) is 53.4 Å². The third kappa shape index (κ3) is 3.21. The Morgan fingerprint density at radius 3 is 2.12 bits per heavy atom. The van der Waals surface area contributed by atoms with Gasteiger partial charge >= 0.3 is 0 Å². The molecule has 1 N–H and O–H groups in total. The first-order chi connectivity index (χ1) is 7.31. The molecule has 1 atom stereocenters. The number of aliphatic hydroxyl groups excluding tert-OH is 1. The average molecular weight is 227 g/mol. The van der Waals surface area contributed by atoms with Gasteiger partial charge < -0.3 is 10.0 Å². The first kappa shape index (κ1) is 14.0. The highest BCUT2D eigenvalue weighted by Crippen LogP contribution is 2.39. The van der Waals surface area contributed by atoms with Gasteiger partial charge in [-0.05, 0) is 32.2 Å². The van der Waals surface area contributed by atoms with Crippen LogP contribution in [0.5, 0.6) is 0 Å². The molecule has 0 bridgehead atoms. The molecule has 1 unspecified atom stereocenters. The molecule has 0 aliphatic heterocycles. The predicted octanol–water partition coefficient (Wildman–Crippen LogP) is 2.91. The Morgan fingerprint density at radius 1 is 1.25 bits per heavy atom. The van der Waals surface area contributed by atoms with Gasteiger partial charge in [0.25, 0.3) is 0 Å². The number of nitrogens with zero attached hydrogens (tertiary/aromatic N) is 1. The monoisotopic (exact) mass is 227 g/mol. The van der Waals surface area contributed by atoms with E-state index in [9.17, 15) is 5.11 Å². The van der Waals surface area contributed by atoms with Crippen molar-refractivity contribution in [2.75, 3.05) is 20.2 Å². The molecule has 0 saturated heterocycles. The quantitative estimate of drug-likeness (QED) is 0.798. The second-order valence-electron chi connectivity index (χ2n) is 6.82. The van der Waals surface area contributed by atoms with Crippen LogP contribution in [0, 0.1) is 10.8 Å². The van der Waals surface area contributed by atoms with E-state index in [1.807, 2.05) is 0 Å². The van der Waals surface area contributed by atoms with E-state index in [-0.39, 0.29) is 5.41 Å². The maximum Gasteiger partial charge on any atom is 0.0499 e. The van der Waals surface area contributed by atoms with Crippen LogP contribution in [0.2, 0.25) is 0 Å². The van der Waals surface area contributed by atoms with Gasteiger partial charge in [0.1, 0.15) is 0 Å². The zero-order valence-corrected chi connectivity index (χ0v) is 11.7. The van der Waals surface area contributed by atoms with Gasteiger partial charge in [0.15, 0.2) is 0 Å². The van der Waals surface area contributed by atoms with Crippen molar-refractivity contribution < 1.29 is 5.11 Å². The summed E-state index contributed by atoms with van der Waals surface area (Å²) in [6.07, 6.45) is 4.98. The van der Waals surface area contributed by atoms with Gasteiger partial charge in [-0.1, -0.05) is 33.6 Å². The van der Waals surface area contributed by atoms with Gasteiger partial charge in [0.05, 0.1) is 0 Å². The van der Waals surface area contributed by atoms with Crippen LogP contribution < -0.4 is 0 Å². The van der Waals surface area contributed by atoms with Gasteiger partial charge in [-0.3, -0.25) is 0 Å². The van der Waals surface area contributed by atoms with E-state index >= 15 is 0 Å². The van der Waals surface area contributed by atoms with Crippen LogP contribution in [0.25, 0.3) is 0 Å². The Hall–Kier alpha value is -0.0800. The molecule has 0 spiro atoms. The third-order valence-corrected chi connectivity index (χ3v) is 4.50. The highest BCUT2D eigenvalue weighted by molar-refractivity contribution is 4.89. The molecule has 2 heteroatoms. The molecule has 1 rings (SSSR count). The first-order valence-corrected chi connectivity index (χ1v) is 6.62. The van der Waals surface area contributed by atoms with E-state index in [1.165, 1.54) is 25.7 Å². The molecule has 1 aliphatic rings. The van der Waals surface area contributed by atoms with E-state index in [0.717, 1.165) is 6.54 Å². The fraction of sp³-hybridized carbons (Fsp3) is 1.00. The van der Waals surface area contributed by atoms with Crippen LogP contribution in [0.3, 0.4) is 0 Å². The third-order valence-electron chi connectivity index (χ3n) is 4.50.